The van der Waals surface area contributed by atoms with Gasteiger partial charge in [-0.2, -0.15) is 0 Å². The van der Waals surface area contributed by atoms with Gasteiger partial charge in [0.25, 0.3) is 0 Å². The number of aliphatic hydroxyl groups is 1. The van der Waals surface area contributed by atoms with Crippen LogP contribution in [0, 0.1) is 0 Å². The summed E-state index contributed by atoms with van der Waals surface area (Å²) in [5.74, 6) is -0.0253. The normalized spacial score (nSPS) is 10.7. The van der Waals surface area contributed by atoms with Gasteiger partial charge < -0.3 is 10.4 Å². The highest BCUT2D eigenvalue weighted by Crippen LogP contribution is 2.11. The molecule has 0 aliphatic heterocycles. The third-order valence-electron chi connectivity index (χ3n) is 3.12. The zero-order valence-electron chi connectivity index (χ0n) is 11.8. The molecule has 0 fully saturated rings. The highest BCUT2D eigenvalue weighted by Gasteiger charge is 1.99. The van der Waals surface area contributed by atoms with Crippen LogP contribution in [-0.2, 0) is 6.42 Å². The molecule has 0 radical (unpaired) electrons. The van der Waals surface area contributed by atoms with E-state index in [0.29, 0.717) is 5.56 Å². The Bertz CT molecular complexity index is 588. The fourth-order valence-electron chi connectivity index (χ4n) is 1.96. The molecule has 0 heterocycles. The van der Waals surface area contributed by atoms with Gasteiger partial charge >= 0.3 is 0 Å². The van der Waals surface area contributed by atoms with Gasteiger partial charge in [-0.1, -0.05) is 42.5 Å². The maximum atomic E-state index is 11.9. The van der Waals surface area contributed by atoms with Crippen molar-refractivity contribution in [1.82, 2.24) is 0 Å². The molecule has 0 atom stereocenters. The summed E-state index contributed by atoms with van der Waals surface area (Å²) in [5, 5.41) is 11.9. The number of aliphatic hydroxyl groups excluding tert-OH is 1. The standard InChI is InChI=1S/C18H19NO2/c20-14-4-5-15-8-10-17(11-9-15)19-13-12-18(21)16-6-2-1-3-7-16/h1-3,6-13,19-20H,4-5,14H2. The van der Waals surface area contributed by atoms with Crippen molar-refractivity contribution in [3.8, 4) is 0 Å². The van der Waals surface area contributed by atoms with Crippen LogP contribution in [0.3, 0.4) is 0 Å². The van der Waals surface area contributed by atoms with E-state index in [0.717, 1.165) is 18.5 Å². The molecule has 0 spiro atoms. The third-order valence-corrected chi connectivity index (χ3v) is 3.12. The zero-order chi connectivity index (χ0) is 14.9. The molecule has 2 N–H and O–H groups in total. The van der Waals surface area contributed by atoms with E-state index in [1.165, 1.54) is 11.6 Å². The molecule has 0 amide bonds. The lowest BCUT2D eigenvalue weighted by Gasteiger charge is -2.03. The number of allylic oxidation sites excluding steroid dienone is 1. The summed E-state index contributed by atoms with van der Waals surface area (Å²) in [6.07, 6.45) is 4.82. The topological polar surface area (TPSA) is 49.3 Å². The monoisotopic (exact) mass is 281 g/mol. The summed E-state index contributed by atoms with van der Waals surface area (Å²) in [6.45, 7) is 0.213. The van der Waals surface area contributed by atoms with Gasteiger partial charge in [0, 0.05) is 30.1 Å². The average Bonchev–Trinajstić information content (AvgIpc) is 2.55. The Hall–Kier alpha value is -2.39. The van der Waals surface area contributed by atoms with E-state index in [9.17, 15) is 4.79 Å². The van der Waals surface area contributed by atoms with Crippen LogP contribution in [0.5, 0.6) is 0 Å². The van der Waals surface area contributed by atoms with Crippen molar-refractivity contribution in [1.29, 1.82) is 0 Å². The second kappa shape index (κ2) is 8.02. The van der Waals surface area contributed by atoms with Crippen molar-refractivity contribution in [2.75, 3.05) is 11.9 Å². The number of hydrogen-bond acceptors (Lipinski definition) is 3. The van der Waals surface area contributed by atoms with Crippen LogP contribution in [0.25, 0.3) is 0 Å². The van der Waals surface area contributed by atoms with Gasteiger partial charge in [-0.25, -0.2) is 0 Å². The van der Waals surface area contributed by atoms with Gasteiger partial charge in [-0.3, -0.25) is 4.79 Å². The maximum Gasteiger partial charge on any atom is 0.187 e. The van der Waals surface area contributed by atoms with E-state index >= 15 is 0 Å². The van der Waals surface area contributed by atoms with Gasteiger partial charge in [0.05, 0.1) is 0 Å². The molecular formula is C18H19NO2. The van der Waals surface area contributed by atoms with Crippen LogP contribution in [0.4, 0.5) is 5.69 Å². The Kier molecular flexibility index (Phi) is 5.73. The number of anilines is 1. The molecule has 0 bridgehead atoms. The highest BCUT2D eigenvalue weighted by atomic mass is 16.2. The number of rotatable bonds is 7. The number of aryl methyl sites for hydroxylation is 1. The van der Waals surface area contributed by atoms with Crippen molar-refractivity contribution in [2.45, 2.75) is 12.8 Å². The van der Waals surface area contributed by atoms with Crippen molar-refractivity contribution < 1.29 is 9.90 Å². The van der Waals surface area contributed by atoms with E-state index in [4.69, 9.17) is 5.11 Å². The van der Waals surface area contributed by atoms with Crippen LogP contribution >= 0.6 is 0 Å². The minimum atomic E-state index is -0.0253. The van der Waals surface area contributed by atoms with Crippen LogP contribution in [0.1, 0.15) is 22.3 Å². The average molecular weight is 281 g/mol. The van der Waals surface area contributed by atoms with Crippen molar-refractivity contribution in [2.24, 2.45) is 0 Å². The smallest absolute Gasteiger partial charge is 0.187 e. The fourth-order valence-corrected chi connectivity index (χ4v) is 1.96. The molecule has 3 heteroatoms. The molecular weight excluding hydrogens is 262 g/mol. The van der Waals surface area contributed by atoms with Gasteiger partial charge in [0.1, 0.15) is 0 Å². The van der Waals surface area contributed by atoms with Crippen molar-refractivity contribution >= 4 is 11.5 Å². The predicted octanol–water partition coefficient (Wildman–Crippen LogP) is 3.42. The van der Waals surface area contributed by atoms with Crippen LogP contribution in [0.15, 0.2) is 66.9 Å². The minimum Gasteiger partial charge on any atom is -0.396 e. The Morgan fingerprint density at radius 2 is 1.76 bits per heavy atom. The number of carbonyl (C=O) groups excluding carboxylic acids is 1. The quantitative estimate of drug-likeness (QED) is 0.604. The number of benzene rings is 2. The first kappa shape index (κ1) is 15.0. The summed E-state index contributed by atoms with van der Waals surface area (Å²) in [5.41, 5.74) is 2.80. The first-order chi connectivity index (χ1) is 10.3. The second-order valence-electron chi connectivity index (χ2n) is 4.73. The number of nitrogens with one attached hydrogen (secondary N) is 1. The summed E-state index contributed by atoms with van der Waals surface area (Å²) < 4.78 is 0. The molecule has 2 aromatic rings. The molecule has 0 aliphatic carbocycles. The maximum absolute atomic E-state index is 11.9. The molecule has 108 valence electrons. The molecule has 0 aliphatic rings. The van der Waals surface area contributed by atoms with E-state index in [2.05, 4.69) is 5.32 Å². The summed E-state index contributed by atoms with van der Waals surface area (Å²) in [6, 6.07) is 17.1. The van der Waals surface area contributed by atoms with E-state index in [-0.39, 0.29) is 12.4 Å². The third kappa shape index (κ3) is 4.89. The van der Waals surface area contributed by atoms with Crippen LogP contribution in [-0.4, -0.2) is 17.5 Å². The molecule has 21 heavy (non-hydrogen) atoms. The van der Waals surface area contributed by atoms with E-state index < -0.39 is 0 Å². The second-order valence-corrected chi connectivity index (χ2v) is 4.73. The number of hydrogen-bond donors (Lipinski definition) is 2. The first-order valence-electron chi connectivity index (χ1n) is 7.02. The minimum absolute atomic E-state index is 0.0253. The van der Waals surface area contributed by atoms with Crippen molar-refractivity contribution in [3.05, 3.63) is 78.0 Å². The zero-order valence-corrected chi connectivity index (χ0v) is 11.8. The van der Waals surface area contributed by atoms with Crippen molar-refractivity contribution in [3.63, 3.8) is 0 Å². The lowest BCUT2D eigenvalue weighted by atomic mass is 10.1. The predicted molar refractivity (Wildman–Crippen MR) is 85.4 cm³/mol. The van der Waals surface area contributed by atoms with Crippen LogP contribution in [0.2, 0.25) is 0 Å². The molecule has 0 saturated carbocycles. The Morgan fingerprint density at radius 3 is 2.43 bits per heavy atom. The van der Waals surface area contributed by atoms with Gasteiger partial charge in [-0.05, 0) is 30.5 Å². The fraction of sp³-hybridized carbons (Fsp3) is 0.167. The molecule has 2 rings (SSSR count). The summed E-state index contributed by atoms with van der Waals surface area (Å²) in [4.78, 5) is 11.9. The Balaban J connectivity index is 1.88. The molecule has 0 aromatic heterocycles. The van der Waals surface area contributed by atoms with Gasteiger partial charge in [0.15, 0.2) is 5.78 Å². The lowest BCUT2D eigenvalue weighted by molar-refractivity contribution is 0.104. The van der Waals surface area contributed by atoms with Crippen LogP contribution < -0.4 is 5.32 Å². The largest absolute Gasteiger partial charge is 0.396 e. The molecule has 0 unspecified atom stereocenters. The Morgan fingerprint density at radius 1 is 1.05 bits per heavy atom. The molecule has 0 saturated heterocycles. The number of ketones is 1. The van der Waals surface area contributed by atoms with E-state index in [1.807, 2.05) is 42.5 Å². The summed E-state index contributed by atoms with van der Waals surface area (Å²) >= 11 is 0. The number of carbonyl (C=O) groups is 1. The van der Waals surface area contributed by atoms with E-state index in [1.54, 1.807) is 18.3 Å². The Labute approximate surface area is 124 Å². The lowest BCUT2D eigenvalue weighted by Crippen LogP contribution is -1.96. The molecule has 3 nitrogen and oxygen atoms in total. The highest BCUT2D eigenvalue weighted by molar-refractivity contribution is 6.04. The first-order valence-corrected chi connectivity index (χ1v) is 7.02. The van der Waals surface area contributed by atoms with Gasteiger partial charge in [-0.15, -0.1) is 0 Å². The SMILES string of the molecule is O=C(C=CNc1ccc(CCCO)cc1)c1ccccc1. The summed E-state index contributed by atoms with van der Waals surface area (Å²) in [7, 11) is 0. The molecule has 2 aromatic carbocycles. The van der Waals surface area contributed by atoms with Gasteiger partial charge in [0.2, 0.25) is 0 Å².